The van der Waals surface area contributed by atoms with Gasteiger partial charge in [-0.1, -0.05) is 55.8 Å². The molecular weight excluding hydrogens is 542 g/mol. The summed E-state index contributed by atoms with van der Waals surface area (Å²) < 4.78 is 39.9. The molecule has 0 radical (unpaired) electrons. The number of hydrogen-bond acceptors (Lipinski definition) is 6. The summed E-state index contributed by atoms with van der Waals surface area (Å²) in [4.78, 5) is 28.9. The Morgan fingerprint density at radius 1 is 0.927 bits per heavy atom. The van der Waals surface area contributed by atoms with E-state index < -0.39 is 28.5 Å². The first-order valence-corrected chi connectivity index (χ1v) is 15.0. The van der Waals surface area contributed by atoms with Gasteiger partial charge in [-0.15, -0.1) is 0 Å². The third-order valence-corrected chi connectivity index (χ3v) is 8.44. The van der Waals surface area contributed by atoms with Crippen LogP contribution in [0.5, 0.6) is 11.5 Å². The number of aryl methyl sites for hydroxylation is 1. The van der Waals surface area contributed by atoms with Gasteiger partial charge in [0.15, 0.2) is 0 Å². The Hall–Kier alpha value is -4.05. The Kier molecular flexibility index (Phi) is 11.2. The van der Waals surface area contributed by atoms with Crippen LogP contribution < -0.4 is 19.1 Å². The zero-order chi connectivity index (χ0) is 30.0. The lowest BCUT2D eigenvalue weighted by molar-refractivity contribution is -0.140. The summed E-state index contributed by atoms with van der Waals surface area (Å²) in [6.07, 6.45) is 1.08. The van der Waals surface area contributed by atoms with Crippen molar-refractivity contribution >= 4 is 27.5 Å². The molecule has 9 nitrogen and oxygen atoms in total. The summed E-state index contributed by atoms with van der Waals surface area (Å²) in [5, 5.41) is 2.88. The Bertz CT molecular complexity index is 1430. The normalized spacial score (nSPS) is 11.8. The van der Waals surface area contributed by atoms with E-state index in [-0.39, 0.29) is 23.0 Å². The van der Waals surface area contributed by atoms with Crippen LogP contribution in [0.4, 0.5) is 5.69 Å². The van der Waals surface area contributed by atoms with E-state index in [0.29, 0.717) is 24.5 Å². The molecule has 0 saturated heterocycles. The predicted octanol–water partition coefficient (Wildman–Crippen LogP) is 4.54. The van der Waals surface area contributed by atoms with Crippen molar-refractivity contribution in [2.24, 2.45) is 0 Å². The van der Waals surface area contributed by atoms with E-state index in [1.165, 1.54) is 24.1 Å². The van der Waals surface area contributed by atoms with E-state index >= 15 is 0 Å². The number of hydrogen-bond donors (Lipinski definition) is 1. The first kappa shape index (κ1) is 31.5. The van der Waals surface area contributed by atoms with Crippen LogP contribution in [0.1, 0.15) is 37.8 Å². The zero-order valence-electron chi connectivity index (χ0n) is 24.3. The second kappa shape index (κ2) is 14.5. The number of para-hydroxylation sites is 2. The molecule has 0 bridgehead atoms. The number of nitrogens with one attached hydrogen (secondary N) is 1. The molecule has 0 aromatic heterocycles. The fourth-order valence-corrected chi connectivity index (χ4v) is 5.86. The molecule has 0 aliphatic carbocycles. The summed E-state index contributed by atoms with van der Waals surface area (Å²) in [7, 11) is -1.20. The van der Waals surface area contributed by atoms with Crippen LogP contribution in [0.15, 0.2) is 77.7 Å². The summed E-state index contributed by atoms with van der Waals surface area (Å²) in [5.74, 6) is 0.0720. The highest BCUT2D eigenvalue weighted by Crippen LogP contribution is 2.32. The average Bonchev–Trinajstić information content (AvgIpc) is 2.98. The molecule has 0 fully saturated rings. The molecule has 3 aromatic rings. The number of nitrogens with zero attached hydrogens (tertiary/aromatic N) is 2. The van der Waals surface area contributed by atoms with E-state index in [2.05, 4.69) is 5.32 Å². The maximum Gasteiger partial charge on any atom is 0.264 e. The first-order valence-electron chi connectivity index (χ1n) is 13.6. The molecule has 0 aliphatic heterocycles. The number of ether oxygens (including phenoxy) is 2. The number of amides is 2. The lowest BCUT2D eigenvalue weighted by Gasteiger charge is -2.33. The monoisotopic (exact) mass is 581 g/mol. The Balaban J connectivity index is 2.09. The molecular formula is C31H39N3O6S. The fourth-order valence-electron chi connectivity index (χ4n) is 4.44. The van der Waals surface area contributed by atoms with Crippen LogP contribution in [0.2, 0.25) is 0 Å². The number of carbonyl (C=O) groups excluding carboxylic acids is 2. The van der Waals surface area contributed by atoms with E-state index in [0.717, 1.165) is 21.9 Å². The number of methoxy groups -OCH3 is 2. The molecule has 1 atom stereocenters. The van der Waals surface area contributed by atoms with Gasteiger partial charge in [-0.2, -0.15) is 0 Å². The minimum absolute atomic E-state index is 0.0360. The molecule has 0 heterocycles. The summed E-state index contributed by atoms with van der Waals surface area (Å²) in [5.41, 5.74) is 1.86. The molecule has 0 unspecified atom stereocenters. The molecule has 0 saturated carbocycles. The van der Waals surface area contributed by atoms with Crippen molar-refractivity contribution in [2.75, 3.05) is 31.6 Å². The van der Waals surface area contributed by atoms with E-state index in [4.69, 9.17) is 9.47 Å². The van der Waals surface area contributed by atoms with Crippen molar-refractivity contribution in [1.29, 1.82) is 0 Å². The number of anilines is 1. The second-order valence-electron chi connectivity index (χ2n) is 9.58. The molecule has 2 amide bonds. The van der Waals surface area contributed by atoms with Gasteiger partial charge in [-0.25, -0.2) is 8.42 Å². The van der Waals surface area contributed by atoms with Crippen molar-refractivity contribution in [3.63, 3.8) is 0 Å². The summed E-state index contributed by atoms with van der Waals surface area (Å²) in [6, 6.07) is 19.5. The first-order chi connectivity index (χ1) is 19.7. The molecule has 220 valence electrons. The van der Waals surface area contributed by atoms with Crippen LogP contribution in [-0.2, 0) is 26.2 Å². The van der Waals surface area contributed by atoms with Crippen molar-refractivity contribution in [2.45, 2.75) is 51.1 Å². The molecule has 41 heavy (non-hydrogen) atoms. The SMILES string of the molecule is CCCNC(=O)[C@H](CC)N(Cc1cccc(OC)c1)C(=O)CN(c1ccccc1OC)S(=O)(=O)c1ccc(C)cc1. The highest BCUT2D eigenvalue weighted by Gasteiger charge is 2.34. The molecule has 0 aliphatic rings. The van der Waals surface area contributed by atoms with Crippen molar-refractivity contribution in [3.05, 3.63) is 83.9 Å². The molecule has 1 N–H and O–H groups in total. The highest BCUT2D eigenvalue weighted by atomic mass is 32.2. The standard InChI is InChI=1S/C31H39N3O6S/c1-6-19-32-31(36)27(7-2)33(21-24-11-10-12-25(20-24)39-4)30(35)22-34(28-13-8-9-14-29(28)40-5)41(37,38)26-17-15-23(3)16-18-26/h8-18,20,27H,6-7,19,21-22H2,1-5H3,(H,32,36)/t27-/m0/s1. The van der Waals surface area contributed by atoms with E-state index in [1.54, 1.807) is 61.7 Å². The smallest absolute Gasteiger partial charge is 0.264 e. The highest BCUT2D eigenvalue weighted by molar-refractivity contribution is 7.92. The average molecular weight is 582 g/mol. The van der Waals surface area contributed by atoms with Gasteiger partial charge in [0.2, 0.25) is 11.8 Å². The van der Waals surface area contributed by atoms with Crippen molar-refractivity contribution in [3.8, 4) is 11.5 Å². The number of carbonyl (C=O) groups is 2. The lowest BCUT2D eigenvalue weighted by atomic mass is 10.1. The maximum absolute atomic E-state index is 14.2. The quantitative estimate of drug-likeness (QED) is 0.300. The van der Waals surface area contributed by atoms with Crippen LogP contribution in [0, 0.1) is 6.92 Å². The third kappa shape index (κ3) is 7.79. The fraction of sp³-hybridized carbons (Fsp3) is 0.355. The summed E-state index contributed by atoms with van der Waals surface area (Å²) in [6.45, 7) is 5.63. The lowest BCUT2D eigenvalue weighted by Crippen LogP contribution is -2.52. The molecule has 3 rings (SSSR count). The topological polar surface area (TPSA) is 105 Å². The van der Waals surface area contributed by atoms with Gasteiger partial charge in [0.05, 0.1) is 24.8 Å². The second-order valence-corrected chi connectivity index (χ2v) is 11.4. The largest absolute Gasteiger partial charge is 0.497 e. The Morgan fingerprint density at radius 2 is 1.63 bits per heavy atom. The summed E-state index contributed by atoms with van der Waals surface area (Å²) >= 11 is 0. The van der Waals surface area contributed by atoms with Crippen LogP contribution >= 0.6 is 0 Å². The molecule has 10 heteroatoms. The Labute approximate surface area is 243 Å². The number of benzene rings is 3. The maximum atomic E-state index is 14.2. The molecule has 3 aromatic carbocycles. The van der Waals surface area contributed by atoms with Gasteiger partial charge < -0.3 is 19.7 Å². The van der Waals surface area contributed by atoms with Gasteiger partial charge in [0, 0.05) is 13.1 Å². The van der Waals surface area contributed by atoms with Gasteiger partial charge in [-0.05, 0) is 61.7 Å². The van der Waals surface area contributed by atoms with Gasteiger partial charge in [-0.3, -0.25) is 13.9 Å². The van der Waals surface area contributed by atoms with Crippen molar-refractivity contribution < 1.29 is 27.5 Å². The Morgan fingerprint density at radius 3 is 2.27 bits per heavy atom. The van der Waals surface area contributed by atoms with Crippen LogP contribution in [-0.4, -0.2) is 58.5 Å². The van der Waals surface area contributed by atoms with Crippen LogP contribution in [0.25, 0.3) is 0 Å². The van der Waals surface area contributed by atoms with Gasteiger partial charge in [0.25, 0.3) is 10.0 Å². The van der Waals surface area contributed by atoms with Gasteiger partial charge >= 0.3 is 0 Å². The zero-order valence-corrected chi connectivity index (χ0v) is 25.1. The van der Waals surface area contributed by atoms with Crippen molar-refractivity contribution in [1.82, 2.24) is 10.2 Å². The minimum Gasteiger partial charge on any atom is -0.497 e. The van der Waals surface area contributed by atoms with E-state index in [1.807, 2.05) is 26.8 Å². The minimum atomic E-state index is -4.20. The van der Waals surface area contributed by atoms with Gasteiger partial charge in [0.1, 0.15) is 24.1 Å². The third-order valence-electron chi connectivity index (χ3n) is 6.66. The predicted molar refractivity (Wildman–Crippen MR) is 160 cm³/mol. The number of sulfonamides is 1. The molecule has 0 spiro atoms. The number of rotatable bonds is 14. The van der Waals surface area contributed by atoms with E-state index in [9.17, 15) is 18.0 Å². The van der Waals surface area contributed by atoms with Crippen LogP contribution in [0.3, 0.4) is 0 Å².